The normalized spacial score (nSPS) is 14.2. The highest BCUT2D eigenvalue weighted by atomic mass is 16.5. The number of ether oxygens (including phenoxy) is 2. The fraction of sp³-hybridized carbons (Fsp3) is 0.955. The number of hydrogen-bond acceptors (Lipinski definition) is 8. The van der Waals surface area contributed by atoms with E-state index < -0.39 is 0 Å². The molecule has 0 aromatic rings. The number of aliphatic hydroxyl groups excluding tert-OH is 1. The predicted molar refractivity (Wildman–Crippen MR) is 320 cm³/mol. The third-order valence-electron chi connectivity index (χ3n) is 16.7. The lowest BCUT2D eigenvalue weighted by Crippen LogP contribution is -2.41. The zero-order valence-electron chi connectivity index (χ0n) is 50.9. The number of esters is 2. The molecule has 0 aromatic heterocycles. The summed E-state index contributed by atoms with van der Waals surface area (Å²) in [5.41, 5.74) is 0. The molecular weight excluding hydrogens is 931 g/mol. The van der Waals surface area contributed by atoms with Gasteiger partial charge in [0.05, 0.1) is 19.8 Å². The smallest absolute Gasteiger partial charge is 0.306 e. The number of amides is 1. The van der Waals surface area contributed by atoms with Crippen LogP contribution >= 0.6 is 0 Å². The van der Waals surface area contributed by atoms with E-state index in [9.17, 15) is 19.5 Å². The standard InChI is InChI=1S/C66H129N3O6/c1-6-11-16-21-24-25-28-35-49-65(72)74-58-62(59-75-66(73)56-60(41-30-19-14-9-4)42-32-26-22-17-12-7-2)45-38-40-51-69(63-46-36-37-47-63)53-52-68(54-55-70)50-39-29-34-48-64(71)67-57-61(43-31-20-15-10-5)44-33-27-23-18-13-8-3/h60-63,70H,6-59H2,1-5H3,(H,67,71). The van der Waals surface area contributed by atoms with E-state index in [2.05, 4.69) is 49.7 Å². The van der Waals surface area contributed by atoms with Gasteiger partial charge in [-0.05, 0) is 95.6 Å². The number of rotatable bonds is 58. The van der Waals surface area contributed by atoms with Crippen LogP contribution < -0.4 is 5.32 Å². The zero-order valence-corrected chi connectivity index (χ0v) is 50.9. The summed E-state index contributed by atoms with van der Waals surface area (Å²) in [6.45, 7) is 17.6. The van der Waals surface area contributed by atoms with Crippen LogP contribution in [-0.2, 0) is 23.9 Å². The predicted octanol–water partition coefficient (Wildman–Crippen LogP) is 17.7. The third kappa shape index (κ3) is 44.8. The molecule has 1 aliphatic rings. The average Bonchev–Trinajstić information content (AvgIpc) is 3.95. The van der Waals surface area contributed by atoms with E-state index in [1.54, 1.807) is 0 Å². The molecule has 9 nitrogen and oxygen atoms in total. The Morgan fingerprint density at radius 2 is 0.853 bits per heavy atom. The minimum Gasteiger partial charge on any atom is -0.465 e. The molecule has 0 radical (unpaired) electrons. The lowest BCUT2D eigenvalue weighted by molar-refractivity contribution is -0.150. The molecule has 1 amide bonds. The van der Waals surface area contributed by atoms with Crippen LogP contribution in [0.15, 0.2) is 0 Å². The first-order chi connectivity index (χ1) is 36.8. The Kier molecular flexibility index (Phi) is 51.6. The van der Waals surface area contributed by atoms with Crippen molar-refractivity contribution in [3.05, 3.63) is 0 Å². The molecule has 0 bridgehead atoms. The first-order valence-electron chi connectivity index (χ1n) is 33.4. The minimum absolute atomic E-state index is 0.0104. The molecule has 0 saturated heterocycles. The molecule has 1 rings (SSSR count). The topological polar surface area (TPSA) is 108 Å². The quantitative estimate of drug-likeness (QED) is 0.0458. The van der Waals surface area contributed by atoms with Crippen LogP contribution in [0.3, 0.4) is 0 Å². The number of hydrogen-bond donors (Lipinski definition) is 2. The molecule has 75 heavy (non-hydrogen) atoms. The van der Waals surface area contributed by atoms with Gasteiger partial charge in [0.15, 0.2) is 0 Å². The van der Waals surface area contributed by atoms with Gasteiger partial charge in [-0.1, -0.05) is 234 Å². The molecule has 0 aromatic carbocycles. The summed E-state index contributed by atoms with van der Waals surface area (Å²) in [5, 5.41) is 13.4. The van der Waals surface area contributed by atoms with Gasteiger partial charge in [0.1, 0.15) is 0 Å². The van der Waals surface area contributed by atoms with Gasteiger partial charge in [-0.15, -0.1) is 0 Å². The van der Waals surface area contributed by atoms with Gasteiger partial charge >= 0.3 is 11.9 Å². The van der Waals surface area contributed by atoms with Crippen molar-refractivity contribution >= 4 is 17.8 Å². The highest BCUT2D eigenvalue weighted by molar-refractivity contribution is 5.75. The van der Waals surface area contributed by atoms with E-state index in [0.717, 1.165) is 96.9 Å². The van der Waals surface area contributed by atoms with Crippen LogP contribution in [0, 0.1) is 17.8 Å². The van der Waals surface area contributed by atoms with E-state index >= 15 is 0 Å². The zero-order chi connectivity index (χ0) is 54.5. The molecule has 444 valence electrons. The molecule has 0 aliphatic heterocycles. The summed E-state index contributed by atoms with van der Waals surface area (Å²) < 4.78 is 12.0. The number of carbonyl (C=O) groups excluding carboxylic acids is 3. The van der Waals surface area contributed by atoms with E-state index in [4.69, 9.17) is 9.47 Å². The fourth-order valence-electron chi connectivity index (χ4n) is 11.6. The van der Waals surface area contributed by atoms with E-state index in [1.165, 1.54) is 205 Å². The van der Waals surface area contributed by atoms with Gasteiger partial charge in [-0.2, -0.15) is 0 Å². The van der Waals surface area contributed by atoms with Crippen molar-refractivity contribution in [2.45, 2.75) is 330 Å². The largest absolute Gasteiger partial charge is 0.465 e. The van der Waals surface area contributed by atoms with Crippen LogP contribution in [0.2, 0.25) is 0 Å². The van der Waals surface area contributed by atoms with Crippen molar-refractivity contribution in [2.24, 2.45) is 17.8 Å². The molecule has 0 heterocycles. The summed E-state index contributed by atoms with van der Waals surface area (Å²) in [6, 6.07) is 0.613. The highest BCUT2D eigenvalue weighted by Gasteiger charge is 2.24. The lowest BCUT2D eigenvalue weighted by atomic mass is 9.91. The van der Waals surface area contributed by atoms with Crippen LogP contribution in [0.1, 0.15) is 324 Å². The van der Waals surface area contributed by atoms with Gasteiger partial charge < -0.3 is 19.9 Å². The van der Waals surface area contributed by atoms with Gasteiger partial charge in [0.25, 0.3) is 0 Å². The van der Waals surface area contributed by atoms with Crippen molar-refractivity contribution in [3.63, 3.8) is 0 Å². The maximum absolute atomic E-state index is 13.5. The third-order valence-corrected chi connectivity index (χ3v) is 16.7. The maximum atomic E-state index is 13.5. The second kappa shape index (κ2) is 54.3. The molecule has 1 fully saturated rings. The van der Waals surface area contributed by atoms with Crippen molar-refractivity contribution < 1.29 is 29.0 Å². The molecule has 3 unspecified atom stereocenters. The van der Waals surface area contributed by atoms with Crippen LogP contribution in [0.5, 0.6) is 0 Å². The fourth-order valence-corrected chi connectivity index (χ4v) is 11.6. The first-order valence-corrected chi connectivity index (χ1v) is 33.4. The Balaban J connectivity index is 2.74. The van der Waals surface area contributed by atoms with Gasteiger partial charge in [0.2, 0.25) is 5.91 Å². The van der Waals surface area contributed by atoms with Gasteiger partial charge in [-0.25, -0.2) is 0 Å². The Morgan fingerprint density at radius 3 is 1.39 bits per heavy atom. The Labute approximate surface area is 466 Å². The summed E-state index contributed by atoms with van der Waals surface area (Å²) >= 11 is 0. The number of carbonyl (C=O) groups is 3. The number of aliphatic hydroxyl groups is 1. The maximum Gasteiger partial charge on any atom is 0.306 e. The highest BCUT2D eigenvalue weighted by Crippen LogP contribution is 2.26. The molecule has 1 saturated carbocycles. The van der Waals surface area contributed by atoms with Crippen molar-refractivity contribution in [2.75, 3.05) is 59.1 Å². The van der Waals surface area contributed by atoms with Crippen LogP contribution in [-0.4, -0.2) is 97.9 Å². The van der Waals surface area contributed by atoms with Gasteiger partial charge in [0, 0.05) is 57.4 Å². The second-order valence-corrected chi connectivity index (χ2v) is 23.9. The molecule has 0 spiro atoms. The molecular formula is C66H129N3O6. The van der Waals surface area contributed by atoms with E-state index in [-0.39, 0.29) is 30.4 Å². The van der Waals surface area contributed by atoms with E-state index in [0.29, 0.717) is 56.9 Å². The Hall–Kier alpha value is -1.71. The van der Waals surface area contributed by atoms with Crippen LogP contribution in [0.25, 0.3) is 0 Å². The number of nitrogens with one attached hydrogen (secondary N) is 1. The summed E-state index contributed by atoms with van der Waals surface area (Å²) in [6.07, 6.45) is 52.6. The summed E-state index contributed by atoms with van der Waals surface area (Å²) in [5.74, 6) is 1.04. The molecule has 3 atom stereocenters. The number of unbranched alkanes of at least 4 members (excludes halogenated alkanes) is 26. The SMILES string of the molecule is CCCCCCCCCCC(=O)OCC(CCCCN(CCN(CCO)CCCCCC(=O)NCC(CCCCCC)CCCCCCCC)C1CCCC1)COC(=O)CC(CCCCCC)CCCCCCCC. The Bertz CT molecular complexity index is 1250. The van der Waals surface area contributed by atoms with Crippen molar-refractivity contribution in [1.82, 2.24) is 15.1 Å². The molecule has 1 aliphatic carbocycles. The summed E-state index contributed by atoms with van der Waals surface area (Å²) in [4.78, 5) is 44.6. The average molecular weight is 1060 g/mol. The summed E-state index contributed by atoms with van der Waals surface area (Å²) in [7, 11) is 0. The van der Waals surface area contributed by atoms with Gasteiger partial charge in [-0.3, -0.25) is 24.2 Å². The number of nitrogens with zero attached hydrogens (tertiary/aromatic N) is 2. The second-order valence-electron chi connectivity index (χ2n) is 23.9. The lowest BCUT2D eigenvalue weighted by Gasteiger charge is -2.32. The first kappa shape index (κ1) is 71.3. The minimum atomic E-state index is -0.112. The van der Waals surface area contributed by atoms with E-state index in [1.807, 2.05) is 0 Å². The molecule has 2 N–H and O–H groups in total. The van der Waals surface area contributed by atoms with Crippen LogP contribution in [0.4, 0.5) is 0 Å². The van der Waals surface area contributed by atoms with Crippen molar-refractivity contribution in [3.8, 4) is 0 Å². The monoisotopic (exact) mass is 1060 g/mol. The van der Waals surface area contributed by atoms with Crippen molar-refractivity contribution in [1.29, 1.82) is 0 Å². The Morgan fingerprint density at radius 1 is 0.440 bits per heavy atom. The molecule has 9 heteroatoms.